The molecule has 1 heterocycles. The molecule has 1 saturated heterocycles. The Morgan fingerprint density at radius 1 is 0.926 bits per heavy atom. The summed E-state index contributed by atoms with van der Waals surface area (Å²) >= 11 is 5.97. The molecule has 0 aliphatic carbocycles. The molecule has 2 aromatic rings. The van der Waals surface area contributed by atoms with Crippen LogP contribution in [-0.4, -0.2) is 36.3 Å². The second-order valence-corrected chi connectivity index (χ2v) is 7.36. The Balaban J connectivity index is 1.53. The monoisotopic (exact) mass is 384 g/mol. The van der Waals surface area contributed by atoms with Gasteiger partial charge in [0.15, 0.2) is 0 Å². The molecule has 1 fully saturated rings. The van der Waals surface area contributed by atoms with E-state index in [0.717, 1.165) is 37.9 Å². The normalized spacial score (nSPS) is 14.5. The van der Waals surface area contributed by atoms with E-state index >= 15 is 0 Å². The minimum absolute atomic E-state index is 0.0600. The summed E-state index contributed by atoms with van der Waals surface area (Å²) in [6.07, 6.45) is 5.24. The molecule has 4 nitrogen and oxygen atoms in total. The highest BCUT2D eigenvalue weighted by molar-refractivity contribution is 6.30. The molecule has 0 bridgehead atoms. The van der Waals surface area contributed by atoms with E-state index in [4.69, 9.17) is 11.6 Å². The summed E-state index contributed by atoms with van der Waals surface area (Å²) in [5.74, 6) is -0.0735. The predicted octanol–water partition coefficient (Wildman–Crippen LogP) is 4.33. The highest BCUT2D eigenvalue weighted by Gasteiger charge is 2.17. The van der Waals surface area contributed by atoms with Crippen molar-refractivity contribution in [3.63, 3.8) is 0 Å². The van der Waals surface area contributed by atoms with Crippen molar-refractivity contribution in [2.45, 2.75) is 32.1 Å². The van der Waals surface area contributed by atoms with Gasteiger partial charge in [-0.05, 0) is 61.2 Å². The molecule has 0 atom stereocenters. The first-order valence-electron chi connectivity index (χ1n) is 9.55. The molecule has 0 saturated carbocycles. The Bertz CT molecular complexity index is 781. The lowest BCUT2D eigenvalue weighted by molar-refractivity contribution is 0.0761. The maximum absolute atomic E-state index is 12.6. The maximum Gasteiger partial charge on any atom is 0.253 e. The van der Waals surface area contributed by atoms with E-state index in [1.807, 2.05) is 29.2 Å². The van der Waals surface area contributed by atoms with Crippen LogP contribution in [0.4, 0.5) is 0 Å². The van der Waals surface area contributed by atoms with Crippen LogP contribution in [0, 0.1) is 0 Å². The van der Waals surface area contributed by atoms with Crippen molar-refractivity contribution < 1.29 is 9.59 Å². The summed E-state index contributed by atoms with van der Waals surface area (Å²) < 4.78 is 0. The van der Waals surface area contributed by atoms with Crippen molar-refractivity contribution in [1.82, 2.24) is 10.2 Å². The summed E-state index contributed by atoms with van der Waals surface area (Å²) in [4.78, 5) is 26.8. The molecule has 142 valence electrons. The van der Waals surface area contributed by atoms with Crippen molar-refractivity contribution >= 4 is 23.4 Å². The van der Waals surface area contributed by atoms with Crippen molar-refractivity contribution in [3.05, 3.63) is 70.2 Å². The Hall–Kier alpha value is -2.33. The van der Waals surface area contributed by atoms with Gasteiger partial charge in [-0.15, -0.1) is 0 Å². The predicted molar refractivity (Wildman–Crippen MR) is 108 cm³/mol. The number of likely N-dealkylation sites (tertiary alicyclic amines) is 1. The van der Waals surface area contributed by atoms with Crippen molar-refractivity contribution in [1.29, 1.82) is 0 Å². The van der Waals surface area contributed by atoms with Gasteiger partial charge in [0.2, 0.25) is 0 Å². The Labute approximate surface area is 165 Å². The first-order chi connectivity index (χ1) is 13.1. The number of nitrogens with zero attached hydrogens (tertiary/aromatic N) is 1. The van der Waals surface area contributed by atoms with Crippen molar-refractivity contribution in [3.8, 4) is 0 Å². The Morgan fingerprint density at radius 3 is 2.26 bits per heavy atom. The van der Waals surface area contributed by atoms with Gasteiger partial charge in [0.05, 0.1) is 0 Å². The van der Waals surface area contributed by atoms with Crippen molar-refractivity contribution in [2.75, 3.05) is 19.6 Å². The van der Waals surface area contributed by atoms with Crippen LogP contribution in [0.15, 0.2) is 48.5 Å². The van der Waals surface area contributed by atoms with Crippen LogP contribution in [0.2, 0.25) is 5.02 Å². The largest absolute Gasteiger partial charge is 0.352 e. The van der Waals surface area contributed by atoms with Gasteiger partial charge in [0.25, 0.3) is 11.8 Å². The summed E-state index contributed by atoms with van der Waals surface area (Å²) in [6.45, 7) is 2.18. The van der Waals surface area contributed by atoms with Gasteiger partial charge in [-0.25, -0.2) is 0 Å². The third-order valence-electron chi connectivity index (χ3n) is 4.88. The molecular weight excluding hydrogens is 360 g/mol. The smallest absolute Gasteiger partial charge is 0.253 e. The average molecular weight is 385 g/mol. The fraction of sp³-hybridized carbons (Fsp3) is 0.364. The van der Waals surface area contributed by atoms with Gasteiger partial charge in [-0.3, -0.25) is 9.59 Å². The molecule has 1 aliphatic heterocycles. The van der Waals surface area contributed by atoms with E-state index in [2.05, 4.69) is 5.32 Å². The molecule has 0 spiro atoms. The van der Waals surface area contributed by atoms with E-state index < -0.39 is 0 Å². The number of amides is 2. The summed E-state index contributed by atoms with van der Waals surface area (Å²) in [7, 11) is 0. The van der Waals surface area contributed by atoms with Gasteiger partial charge in [0, 0.05) is 35.8 Å². The number of rotatable bonds is 5. The average Bonchev–Trinajstić information content (AvgIpc) is 2.97. The minimum atomic E-state index is -0.134. The van der Waals surface area contributed by atoms with Crippen molar-refractivity contribution in [2.24, 2.45) is 0 Å². The molecule has 2 amide bonds. The van der Waals surface area contributed by atoms with E-state index in [0.29, 0.717) is 22.7 Å². The number of hydrogen-bond donors (Lipinski definition) is 1. The lowest BCUT2D eigenvalue weighted by Crippen LogP contribution is -2.32. The molecular formula is C22H25ClN2O2. The molecule has 0 radical (unpaired) electrons. The molecule has 1 aliphatic rings. The fourth-order valence-corrected chi connectivity index (χ4v) is 3.55. The highest BCUT2D eigenvalue weighted by Crippen LogP contribution is 2.14. The number of halogens is 1. The second kappa shape index (κ2) is 9.56. The van der Waals surface area contributed by atoms with Gasteiger partial charge in [0.1, 0.15) is 0 Å². The highest BCUT2D eigenvalue weighted by atomic mass is 35.5. The van der Waals surface area contributed by atoms with Crippen LogP contribution in [0.5, 0.6) is 0 Å². The summed E-state index contributed by atoms with van der Waals surface area (Å²) in [6, 6.07) is 14.6. The zero-order chi connectivity index (χ0) is 19.1. The third kappa shape index (κ3) is 5.57. The topological polar surface area (TPSA) is 49.4 Å². The lowest BCUT2D eigenvalue weighted by Gasteiger charge is -2.20. The molecule has 27 heavy (non-hydrogen) atoms. The molecule has 5 heteroatoms. The standard InChI is InChI=1S/C22H25ClN2O2/c23-20-7-5-6-17(16-20)12-13-24-21(26)18-8-10-19(11-9-18)22(27)25-14-3-1-2-4-15-25/h5-11,16H,1-4,12-15H2,(H,24,26). The molecule has 3 rings (SSSR count). The quantitative estimate of drug-likeness (QED) is 0.834. The lowest BCUT2D eigenvalue weighted by atomic mass is 10.1. The van der Waals surface area contributed by atoms with E-state index in [1.165, 1.54) is 12.8 Å². The summed E-state index contributed by atoms with van der Waals surface area (Å²) in [5, 5.41) is 3.61. The van der Waals surface area contributed by atoms with Crippen LogP contribution >= 0.6 is 11.6 Å². The van der Waals surface area contributed by atoms with Crippen LogP contribution in [0.25, 0.3) is 0 Å². The second-order valence-electron chi connectivity index (χ2n) is 6.92. The maximum atomic E-state index is 12.6. The van der Waals surface area contributed by atoms with E-state index in [1.54, 1.807) is 24.3 Å². The zero-order valence-electron chi connectivity index (χ0n) is 15.4. The van der Waals surface area contributed by atoms with E-state index in [-0.39, 0.29) is 11.8 Å². The Morgan fingerprint density at radius 2 is 1.59 bits per heavy atom. The number of hydrogen-bond acceptors (Lipinski definition) is 2. The number of carbonyl (C=O) groups is 2. The number of benzene rings is 2. The Kier molecular flexibility index (Phi) is 6.88. The van der Waals surface area contributed by atoms with E-state index in [9.17, 15) is 9.59 Å². The summed E-state index contributed by atoms with van der Waals surface area (Å²) in [5.41, 5.74) is 2.29. The van der Waals surface area contributed by atoms with Gasteiger partial charge in [-0.1, -0.05) is 36.6 Å². The molecule has 0 aromatic heterocycles. The third-order valence-corrected chi connectivity index (χ3v) is 5.11. The van der Waals surface area contributed by atoms with Gasteiger partial charge in [-0.2, -0.15) is 0 Å². The van der Waals surface area contributed by atoms with Gasteiger partial charge >= 0.3 is 0 Å². The molecule has 1 N–H and O–H groups in total. The van der Waals surface area contributed by atoms with Crippen LogP contribution in [-0.2, 0) is 6.42 Å². The minimum Gasteiger partial charge on any atom is -0.352 e. The zero-order valence-corrected chi connectivity index (χ0v) is 16.2. The van der Waals surface area contributed by atoms with Gasteiger partial charge < -0.3 is 10.2 Å². The SMILES string of the molecule is O=C(NCCc1cccc(Cl)c1)c1ccc(C(=O)N2CCCCCC2)cc1. The first kappa shape index (κ1) is 19.4. The van der Waals surface area contributed by atoms with Crippen LogP contribution in [0.1, 0.15) is 52.0 Å². The number of nitrogens with one attached hydrogen (secondary N) is 1. The van der Waals surface area contributed by atoms with Crippen LogP contribution in [0.3, 0.4) is 0 Å². The molecule has 0 unspecified atom stereocenters. The molecule has 2 aromatic carbocycles. The fourth-order valence-electron chi connectivity index (χ4n) is 3.34. The van der Waals surface area contributed by atoms with Crippen LogP contribution < -0.4 is 5.32 Å². The first-order valence-corrected chi connectivity index (χ1v) is 9.93. The number of carbonyl (C=O) groups excluding carboxylic acids is 2.